The Morgan fingerprint density at radius 1 is 1.24 bits per heavy atom. The van der Waals surface area contributed by atoms with Crippen molar-refractivity contribution in [3.8, 4) is 11.4 Å². The maximum atomic E-state index is 12.8. The van der Waals surface area contributed by atoms with Gasteiger partial charge in [-0.3, -0.25) is 14.3 Å². The summed E-state index contributed by atoms with van der Waals surface area (Å²) in [6, 6.07) is 7.26. The van der Waals surface area contributed by atoms with Crippen molar-refractivity contribution in [3.63, 3.8) is 0 Å². The van der Waals surface area contributed by atoms with Crippen molar-refractivity contribution in [3.05, 3.63) is 46.5 Å². The van der Waals surface area contributed by atoms with E-state index in [1.54, 1.807) is 29.0 Å². The van der Waals surface area contributed by atoms with Crippen molar-refractivity contribution in [2.24, 2.45) is 0 Å². The Bertz CT molecular complexity index is 1190. The Balaban J connectivity index is 1.82. The fourth-order valence-corrected chi connectivity index (χ4v) is 4.34. The molecule has 0 spiro atoms. The molecule has 3 aromatic rings. The molecule has 150 valence electrons. The fraction of sp³-hybridized carbons (Fsp3) is 0.381. The van der Waals surface area contributed by atoms with Gasteiger partial charge in [0.05, 0.1) is 23.0 Å². The zero-order chi connectivity index (χ0) is 20.3. The quantitative estimate of drug-likeness (QED) is 0.612. The molecule has 8 heteroatoms. The van der Waals surface area contributed by atoms with E-state index < -0.39 is 5.66 Å². The van der Waals surface area contributed by atoms with Crippen molar-refractivity contribution in [1.29, 1.82) is 0 Å². The molecule has 2 aromatic heterocycles. The van der Waals surface area contributed by atoms with Crippen LogP contribution in [0.3, 0.4) is 0 Å². The van der Waals surface area contributed by atoms with Crippen molar-refractivity contribution >= 4 is 22.8 Å². The average Bonchev–Trinajstić information content (AvgIpc) is 2.99. The van der Waals surface area contributed by atoms with Gasteiger partial charge in [-0.05, 0) is 51.8 Å². The van der Waals surface area contributed by atoms with Crippen LogP contribution in [0.5, 0.6) is 5.75 Å². The van der Waals surface area contributed by atoms with Gasteiger partial charge in [-0.2, -0.15) is 0 Å². The van der Waals surface area contributed by atoms with Gasteiger partial charge in [0.15, 0.2) is 5.65 Å². The van der Waals surface area contributed by atoms with Crippen LogP contribution in [0.4, 0.5) is 5.69 Å². The number of hydrogen-bond donors (Lipinski definition) is 2. The molecule has 4 heterocycles. The van der Waals surface area contributed by atoms with Gasteiger partial charge >= 0.3 is 5.69 Å². The third kappa shape index (κ3) is 2.70. The third-order valence-electron chi connectivity index (χ3n) is 5.73. The minimum atomic E-state index is -0.533. The zero-order valence-electron chi connectivity index (χ0n) is 16.7. The molecule has 2 bridgehead atoms. The summed E-state index contributed by atoms with van der Waals surface area (Å²) in [7, 11) is 0. The Hall–Kier alpha value is -3.29. The number of anilines is 1. The lowest BCUT2D eigenvalue weighted by Crippen LogP contribution is -2.60. The molecular weight excluding hydrogens is 370 g/mol. The Morgan fingerprint density at radius 3 is 2.90 bits per heavy atom. The summed E-state index contributed by atoms with van der Waals surface area (Å²) in [6.07, 6.45) is 3.35. The predicted molar refractivity (Wildman–Crippen MR) is 110 cm³/mol. The molecule has 1 atom stereocenters. The van der Waals surface area contributed by atoms with Crippen LogP contribution in [0, 0.1) is 0 Å². The lowest BCUT2D eigenvalue weighted by Gasteiger charge is -2.45. The van der Waals surface area contributed by atoms with Gasteiger partial charge in [0.25, 0.3) is 5.91 Å². The summed E-state index contributed by atoms with van der Waals surface area (Å²) >= 11 is 0. The SMILES string of the molecule is C[C@H]1CCCN2c3cc(ccc3C(=O)NC2(C)C)-n2c(=O)[nH]c3nccc(c32)O1. The number of aromatic nitrogens is 3. The maximum absolute atomic E-state index is 12.8. The summed E-state index contributed by atoms with van der Waals surface area (Å²) in [6.45, 7) is 6.78. The van der Waals surface area contributed by atoms with Crippen LogP contribution in [-0.2, 0) is 0 Å². The Morgan fingerprint density at radius 2 is 2.07 bits per heavy atom. The predicted octanol–water partition coefficient (Wildman–Crippen LogP) is 2.56. The number of ether oxygens (including phenoxy) is 1. The number of hydrogen-bond acceptors (Lipinski definition) is 5. The van der Waals surface area contributed by atoms with Crippen LogP contribution in [0.15, 0.2) is 35.3 Å². The number of pyridine rings is 1. The molecule has 0 saturated carbocycles. The van der Waals surface area contributed by atoms with Crippen molar-refractivity contribution in [2.45, 2.75) is 45.4 Å². The number of benzene rings is 1. The highest BCUT2D eigenvalue weighted by atomic mass is 16.5. The van der Waals surface area contributed by atoms with E-state index in [9.17, 15) is 9.59 Å². The van der Waals surface area contributed by atoms with E-state index in [4.69, 9.17) is 4.74 Å². The number of amides is 1. The first kappa shape index (κ1) is 17.8. The van der Waals surface area contributed by atoms with Gasteiger partial charge < -0.3 is 15.0 Å². The molecule has 2 aliphatic rings. The second-order valence-corrected chi connectivity index (χ2v) is 8.21. The van der Waals surface area contributed by atoms with Gasteiger partial charge in [-0.1, -0.05) is 0 Å². The minimum Gasteiger partial charge on any atom is -0.488 e. The van der Waals surface area contributed by atoms with Crippen LogP contribution >= 0.6 is 0 Å². The molecule has 1 aromatic carbocycles. The molecule has 1 amide bonds. The molecule has 2 N–H and O–H groups in total. The highest BCUT2D eigenvalue weighted by Gasteiger charge is 2.37. The fourth-order valence-electron chi connectivity index (χ4n) is 4.34. The van der Waals surface area contributed by atoms with E-state index >= 15 is 0 Å². The molecule has 8 nitrogen and oxygen atoms in total. The van der Waals surface area contributed by atoms with E-state index in [0.717, 1.165) is 25.1 Å². The topological polar surface area (TPSA) is 92.2 Å². The molecule has 5 rings (SSSR count). The van der Waals surface area contributed by atoms with Gasteiger partial charge in [-0.15, -0.1) is 0 Å². The minimum absolute atomic E-state index is 0.0289. The second-order valence-electron chi connectivity index (χ2n) is 8.21. The molecule has 2 aliphatic heterocycles. The first-order chi connectivity index (χ1) is 13.8. The zero-order valence-corrected chi connectivity index (χ0v) is 16.7. The summed E-state index contributed by atoms with van der Waals surface area (Å²) in [5.41, 5.74) is 2.37. The normalized spacial score (nSPS) is 20.4. The number of nitrogens with one attached hydrogen (secondary N) is 2. The number of H-pyrrole nitrogens is 1. The summed E-state index contributed by atoms with van der Waals surface area (Å²) in [4.78, 5) is 34.8. The van der Waals surface area contributed by atoms with E-state index in [-0.39, 0.29) is 17.7 Å². The Kier molecular flexibility index (Phi) is 3.74. The standard InChI is InChI=1S/C21H23N5O3/c1-12-5-4-10-25-15-11-13(6-7-14(15)19(27)24-21(25,2)3)26-17-16(29-12)8-9-22-18(17)23-20(26)28/h6-9,11-12H,4-5,10H2,1-3H3,(H,24,27)(H,22,23,28)/t12-/m0/s1. The molecule has 0 unspecified atom stereocenters. The van der Waals surface area contributed by atoms with E-state index in [1.165, 1.54) is 0 Å². The van der Waals surface area contributed by atoms with Crippen LogP contribution in [0.1, 0.15) is 44.0 Å². The van der Waals surface area contributed by atoms with Crippen LogP contribution < -0.4 is 20.6 Å². The first-order valence-corrected chi connectivity index (χ1v) is 9.86. The van der Waals surface area contributed by atoms with Crippen LogP contribution in [-0.4, -0.2) is 38.8 Å². The lowest BCUT2D eigenvalue weighted by atomic mass is 10.00. The van der Waals surface area contributed by atoms with Gasteiger partial charge in [0, 0.05) is 18.8 Å². The first-order valence-electron chi connectivity index (χ1n) is 9.86. The maximum Gasteiger partial charge on any atom is 0.332 e. The Labute approximate surface area is 167 Å². The number of carbonyl (C=O) groups excluding carboxylic acids is 1. The molecule has 0 radical (unpaired) electrons. The number of aromatic amines is 1. The highest BCUT2D eigenvalue weighted by molar-refractivity contribution is 6.03. The average molecular weight is 393 g/mol. The third-order valence-corrected chi connectivity index (χ3v) is 5.73. The lowest BCUT2D eigenvalue weighted by molar-refractivity contribution is 0.0897. The number of rotatable bonds is 0. The van der Waals surface area contributed by atoms with Crippen LogP contribution in [0.2, 0.25) is 0 Å². The molecule has 29 heavy (non-hydrogen) atoms. The van der Waals surface area contributed by atoms with Gasteiger partial charge in [0.2, 0.25) is 0 Å². The van der Waals surface area contributed by atoms with Crippen LogP contribution in [0.25, 0.3) is 16.9 Å². The smallest absolute Gasteiger partial charge is 0.332 e. The molecule has 0 saturated heterocycles. The largest absolute Gasteiger partial charge is 0.488 e. The van der Waals surface area contributed by atoms with E-state index in [1.807, 2.05) is 26.8 Å². The van der Waals surface area contributed by atoms with Gasteiger partial charge in [0.1, 0.15) is 16.9 Å². The molecule has 0 aliphatic carbocycles. The van der Waals surface area contributed by atoms with Gasteiger partial charge in [-0.25, -0.2) is 9.78 Å². The van der Waals surface area contributed by atoms with Crippen molar-refractivity contribution < 1.29 is 9.53 Å². The summed E-state index contributed by atoms with van der Waals surface area (Å²) in [5, 5.41) is 3.08. The van der Waals surface area contributed by atoms with E-state index in [2.05, 4.69) is 20.2 Å². The monoisotopic (exact) mass is 393 g/mol. The number of imidazole rings is 1. The van der Waals surface area contributed by atoms with Crippen molar-refractivity contribution in [2.75, 3.05) is 11.4 Å². The number of fused-ring (bicyclic) bond motifs is 2. The second kappa shape index (κ2) is 6.10. The van der Waals surface area contributed by atoms with Crippen molar-refractivity contribution in [1.82, 2.24) is 19.9 Å². The number of carbonyl (C=O) groups is 1. The molecule has 0 fully saturated rings. The highest BCUT2D eigenvalue weighted by Crippen LogP contribution is 2.35. The molecular formula is C21H23N5O3. The number of nitrogens with zero attached hydrogens (tertiary/aromatic N) is 3. The summed E-state index contributed by atoms with van der Waals surface area (Å²) in [5.74, 6) is 0.513. The summed E-state index contributed by atoms with van der Waals surface area (Å²) < 4.78 is 7.77. The van der Waals surface area contributed by atoms with E-state index in [0.29, 0.717) is 28.2 Å².